The molecule has 0 aliphatic heterocycles. The molecule has 3 heteroatoms. The average molecular weight is 215 g/mol. The van der Waals surface area contributed by atoms with Crippen LogP contribution in [0.5, 0.6) is 0 Å². The standard InChI is InChI=1S/C11H19ClN2/c1-3-5-7-11-13-8-10(14-11)9(12)6-4-2/h8-9H,3-7H2,1-2H3,(H,13,14). The third-order valence-corrected chi connectivity index (χ3v) is 2.75. The molecular formula is C11H19ClN2. The summed E-state index contributed by atoms with van der Waals surface area (Å²) in [5.41, 5.74) is 1.07. The van der Waals surface area contributed by atoms with Gasteiger partial charge in [0.25, 0.3) is 0 Å². The second-order valence-corrected chi connectivity index (χ2v) is 4.17. The van der Waals surface area contributed by atoms with Crippen molar-refractivity contribution in [1.29, 1.82) is 0 Å². The minimum Gasteiger partial charge on any atom is -0.345 e. The fourth-order valence-corrected chi connectivity index (χ4v) is 1.75. The van der Waals surface area contributed by atoms with Crippen LogP contribution in [0.1, 0.15) is 56.4 Å². The number of halogens is 1. The van der Waals surface area contributed by atoms with Crippen LogP contribution >= 0.6 is 11.6 Å². The summed E-state index contributed by atoms with van der Waals surface area (Å²) in [6, 6.07) is 0. The molecule has 1 N–H and O–H groups in total. The fraction of sp³-hybridized carbons (Fsp3) is 0.727. The van der Waals surface area contributed by atoms with Crippen LogP contribution in [-0.4, -0.2) is 9.97 Å². The van der Waals surface area contributed by atoms with E-state index in [-0.39, 0.29) is 5.38 Å². The molecule has 0 saturated heterocycles. The maximum atomic E-state index is 6.18. The molecule has 1 aromatic rings. The zero-order chi connectivity index (χ0) is 10.4. The first-order chi connectivity index (χ1) is 6.77. The van der Waals surface area contributed by atoms with Crippen molar-refractivity contribution in [1.82, 2.24) is 9.97 Å². The molecule has 1 rings (SSSR count). The van der Waals surface area contributed by atoms with Gasteiger partial charge < -0.3 is 4.98 Å². The van der Waals surface area contributed by atoms with Gasteiger partial charge in [-0.15, -0.1) is 11.6 Å². The summed E-state index contributed by atoms with van der Waals surface area (Å²) in [5.74, 6) is 1.07. The quantitative estimate of drug-likeness (QED) is 0.717. The summed E-state index contributed by atoms with van der Waals surface area (Å²) in [4.78, 5) is 7.61. The molecule has 0 fully saturated rings. The van der Waals surface area contributed by atoms with Crippen LogP contribution in [0, 0.1) is 0 Å². The third kappa shape index (κ3) is 3.33. The van der Waals surface area contributed by atoms with Gasteiger partial charge >= 0.3 is 0 Å². The largest absolute Gasteiger partial charge is 0.345 e. The smallest absolute Gasteiger partial charge is 0.106 e. The van der Waals surface area contributed by atoms with E-state index in [4.69, 9.17) is 11.6 Å². The number of unbranched alkanes of at least 4 members (excludes halogenated alkanes) is 1. The molecule has 14 heavy (non-hydrogen) atoms. The van der Waals surface area contributed by atoms with Crippen molar-refractivity contribution in [2.24, 2.45) is 0 Å². The van der Waals surface area contributed by atoms with E-state index in [0.717, 1.165) is 30.8 Å². The lowest BCUT2D eigenvalue weighted by atomic mass is 10.2. The Hall–Kier alpha value is -0.500. The van der Waals surface area contributed by atoms with Crippen LogP contribution in [0.4, 0.5) is 0 Å². The highest BCUT2D eigenvalue weighted by atomic mass is 35.5. The Kier molecular flexibility index (Phi) is 5.02. The maximum Gasteiger partial charge on any atom is 0.106 e. The number of H-pyrrole nitrogens is 1. The molecule has 2 nitrogen and oxygen atoms in total. The van der Waals surface area contributed by atoms with Gasteiger partial charge in [-0.05, 0) is 12.8 Å². The highest BCUT2D eigenvalue weighted by Crippen LogP contribution is 2.23. The van der Waals surface area contributed by atoms with Gasteiger partial charge in [-0.1, -0.05) is 26.7 Å². The molecule has 1 aromatic heterocycles. The van der Waals surface area contributed by atoms with Crippen LogP contribution in [-0.2, 0) is 6.42 Å². The van der Waals surface area contributed by atoms with Gasteiger partial charge in [0.05, 0.1) is 11.1 Å². The molecule has 0 aromatic carbocycles. The first-order valence-corrected chi connectivity index (χ1v) is 5.89. The molecular weight excluding hydrogens is 196 g/mol. The second-order valence-electron chi connectivity index (χ2n) is 3.64. The minimum absolute atomic E-state index is 0.0999. The summed E-state index contributed by atoms with van der Waals surface area (Å²) < 4.78 is 0. The molecule has 0 saturated carbocycles. The average Bonchev–Trinajstić information content (AvgIpc) is 2.63. The van der Waals surface area contributed by atoms with E-state index in [1.54, 1.807) is 0 Å². The summed E-state index contributed by atoms with van der Waals surface area (Å²) in [6.07, 6.45) is 7.42. The molecule has 0 amide bonds. The highest BCUT2D eigenvalue weighted by Gasteiger charge is 2.09. The summed E-state index contributed by atoms with van der Waals surface area (Å²) in [7, 11) is 0. The van der Waals surface area contributed by atoms with Crippen molar-refractivity contribution >= 4 is 11.6 Å². The Labute approximate surface area is 91.1 Å². The molecule has 80 valence electrons. The number of hydrogen-bond acceptors (Lipinski definition) is 1. The van der Waals surface area contributed by atoms with Crippen molar-refractivity contribution in [3.05, 3.63) is 17.7 Å². The molecule has 1 atom stereocenters. The number of nitrogens with one attached hydrogen (secondary N) is 1. The van der Waals surface area contributed by atoms with Crippen LogP contribution < -0.4 is 0 Å². The van der Waals surface area contributed by atoms with Crippen LogP contribution in [0.15, 0.2) is 6.20 Å². The van der Waals surface area contributed by atoms with E-state index in [1.807, 2.05) is 6.20 Å². The number of aromatic amines is 1. The van der Waals surface area contributed by atoms with Crippen LogP contribution in [0.3, 0.4) is 0 Å². The molecule has 1 heterocycles. The van der Waals surface area contributed by atoms with Crippen LogP contribution in [0.25, 0.3) is 0 Å². The van der Waals surface area contributed by atoms with Crippen molar-refractivity contribution in [2.75, 3.05) is 0 Å². The number of rotatable bonds is 6. The fourth-order valence-electron chi connectivity index (χ4n) is 1.42. The Balaban J connectivity index is 2.49. The number of aromatic nitrogens is 2. The summed E-state index contributed by atoms with van der Waals surface area (Å²) in [6.45, 7) is 4.33. The van der Waals surface area contributed by atoms with Crippen molar-refractivity contribution in [3.63, 3.8) is 0 Å². The van der Waals surface area contributed by atoms with Gasteiger partial charge in [0.15, 0.2) is 0 Å². The van der Waals surface area contributed by atoms with Gasteiger partial charge in [0.1, 0.15) is 5.82 Å². The van der Waals surface area contributed by atoms with E-state index in [2.05, 4.69) is 23.8 Å². The highest BCUT2D eigenvalue weighted by molar-refractivity contribution is 6.20. The van der Waals surface area contributed by atoms with Gasteiger partial charge in [-0.2, -0.15) is 0 Å². The van der Waals surface area contributed by atoms with Crippen LogP contribution in [0.2, 0.25) is 0 Å². The molecule has 0 aliphatic carbocycles. The number of alkyl halides is 1. The Morgan fingerprint density at radius 3 is 2.86 bits per heavy atom. The zero-order valence-corrected chi connectivity index (χ0v) is 9.77. The van der Waals surface area contributed by atoms with Crippen molar-refractivity contribution < 1.29 is 0 Å². The first kappa shape index (κ1) is 11.6. The normalized spacial score (nSPS) is 13.1. The number of imidazole rings is 1. The number of aryl methyl sites for hydroxylation is 1. The number of nitrogens with zero attached hydrogens (tertiary/aromatic N) is 1. The summed E-state index contributed by atoms with van der Waals surface area (Å²) in [5, 5.41) is 0.0999. The SMILES string of the molecule is CCCCc1ncc(C(Cl)CCC)[nH]1. The predicted molar refractivity (Wildman–Crippen MR) is 60.7 cm³/mol. The lowest BCUT2D eigenvalue weighted by molar-refractivity contribution is 0.738. The molecule has 0 aliphatic rings. The second kappa shape index (κ2) is 6.07. The van der Waals surface area contributed by atoms with Gasteiger partial charge in [0.2, 0.25) is 0 Å². The van der Waals surface area contributed by atoms with E-state index in [1.165, 1.54) is 12.8 Å². The Morgan fingerprint density at radius 1 is 1.43 bits per heavy atom. The van der Waals surface area contributed by atoms with E-state index >= 15 is 0 Å². The monoisotopic (exact) mass is 214 g/mol. The number of hydrogen-bond donors (Lipinski definition) is 1. The van der Waals surface area contributed by atoms with Gasteiger partial charge in [-0.3, -0.25) is 0 Å². The van der Waals surface area contributed by atoms with E-state index in [0.29, 0.717) is 0 Å². The zero-order valence-electron chi connectivity index (χ0n) is 9.02. The maximum absolute atomic E-state index is 6.18. The first-order valence-electron chi connectivity index (χ1n) is 5.45. The topological polar surface area (TPSA) is 28.7 Å². The molecule has 1 unspecified atom stereocenters. The Morgan fingerprint density at radius 2 is 2.21 bits per heavy atom. The minimum atomic E-state index is 0.0999. The summed E-state index contributed by atoms with van der Waals surface area (Å²) >= 11 is 6.18. The third-order valence-electron chi connectivity index (χ3n) is 2.29. The van der Waals surface area contributed by atoms with E-state index < -0.39 is 0 Å². The molecule has 0 spiro atoms. The Bertz CT molecular complexity index is 258. The predicted octanol–water partition coefficient (Wildman–Crippen LogP) is 3.83. The van der Waals surface area contributed by atoms with Gasteiger partial charge in [-0.25, -0.2) is 4.98 Å². The lowest BCUT2D eigenvalue weighted by Crippen LogP contribution is -1.92. The van der Waals surface area contributed by atoms with Gasteiger partial charge in [0, 0.05) is 12.6 Å². The molecule has 0 radical (unpaired) electrons. The van der Waals surface area contributed by atoms with E-state index in [9.17, 15) is 0 Å². The van der Waals surface area contributed by atoms with Crippen molar-refractivity contribution in [2.45, 2.75) is 51.3 Å². The van der Waals surface area contributed by atoms with Crippen molar-refractivity contribution in [3.8, 4) is 0 Å². The molecule has 0 bridgehead atoms. The lowest BCUT2D eigenvalue weighted by Gasteiger charge is -2.03.